The largest absolute Gasteiger partial charge is 0.507 e. The summed E-state index contributed by atoms with van der Waals surface area (Å²) in [5.41, 5.74) is 0. The van der Waals surface area contributed by atoms with E-state index in [9.17, 15) is 9.50 Å². The van der Waals surface area contributed by atoms with Gasteiger partial charge in [-0.2, -0.15) is 4.37 Å². The van der Waals surface area contributed by atoms with Crippen molar-refractivity contribution < 1.29 is 9.50 Å². The number of benzene rings is 1. The average Bonchev–Trinajstić information content (AvgIpc) is 2.45. The SMILES string of the molecule is Oc1ccc(F)c2sncc12. The number of phenolic OH excluding ortho intramolecular Hbond substituents is 1. The Labute approximate surface area is 66.1 Å². The van der Waals surface area contributed by atoms with Gasteiger partial charge >= 0.3 is 0 Å². The molecule has 2 aromatic rings. The van der Waals surface area contributed by atoms with Crippen LogP contribution in [0.1, 0.15) is 0 Å². The molecule has 0 aliphatic heterocycles. The normalized spacial score (nSPS) is 10.6. The third-order valence-corrected chi connectivity index (χ3v) is 2.26. The van der Waals surface area contributed by atoms with E-state index in [-0.39, 0.29) is 11.6 Å². The Kier molecular flexibility index (Phi) is 1.29. The molecule has 0 spiro atoms. The fourth-order valence-corrected chi connectivity index (χ4v) is 1.59. The minimum atomic E-state index is -0.333. The molecular weight excluding hydrogens is 165 g/mol. The summed E-state index contributed by atoms with van der Waals surface area (Å²) in [6.45, 7) is 0. The summed E-state index contributed by atoms with van der Waals surface area (Å²) in [5.74, 6) is -0.254. The van der Waals surface area contributed by atoms with Crippen LogP contribution in [-0.2, 0) is 0 Å². The Morgan fingerprint density at radius 3 is 3.00 bits per heavy atom. The first-order valence-electron chi connectivity index (χ1n) is 3.01. The second-order valence-electron chi connectivity index (χ2n) is 2.14. The van der Waals surface area contributed by atoms with Gasteiger partial charge in [0, 0.05) is 0 Å². The molecule has 0 saturated carbocycles. The van der Waals surface area contributed by atoms with Gasteiger partial charge in [0.15, 0.2) is 0 Å². The van der Waals surface area contributed by atoms with E-state index in [4.69, 9.17) is 0 Å². The smallest absolute Gasteiger partial charge is 0.142 e. The van der Waals surface area contributed by atoms with Crippen molar-refractivity contribution in [3.8, 4) is 5.75 Å². The van der Waals surface area contributed by atoms with Gasteiger partial charge in [-0.25, -0.2) is 4.39 Å². The van der Waals surface area contributed by atoms with Gasteiger partial charge in [0.05, 0.1) is 16.3 Å². The number of hydrogen-bond donors (Lipinski definition) is 1. The molecule has 0 radical (unpaired) electrons. The third-order valence-electron chi connectivity index (χ3n) is 1.45. The van der Waals surface area contributed by atoms with Gasteiger partial charge in [-0.15, -0.1) is 0 Å². The molecule has 0 aliphatic rings. The van der Waals surface area contributed by atoms with Gasteiger partial charge < -0.3 is 5.11 Å². The van der Waals surface area contributed by atoms with E-state index in [0.717, 1.165) is 11.5 Å². The summed E-state index contributed by atoms with van der Waals surface area (Å²) in [7, 11) is 0. The number of nitrogens with zero attached hydrogens (tertiary/aromatic N) is 1. The van der Waals surface area contributed by atoms with Crippen LogP contribution in [-0.4, -0.2) is 9.48 Å². The fraction of sp³-hybridized carbons (Fsp3) is 0. The predicted molar refractivity (Wildman–Crippen MR) is 41.2 cm³/mol. The highest BCUT2D eigenvalue weighted by molar-refractivity contribution is 7.13. The van der Waals surface area contributed by atoms with Crippen molar-refractivity contribution in [1.82, 2.24) is 4.37 Å². The van der Waals surface area contributed by atoms with Crippen LogP contribution >= 0.6 is 11.5 Å². The maximum Gasteiger partial charge on any atom is 0.142 e. The molecule has 2 nitrogen and oxygen atoms in total. The van der Waals surface area contributed by atoms with Gasteiger partial charge in [0.1, 0.15) is 11.6 Å². The summed E-state index contributed by atoms with van der Waals surface area (Å²) < 4.78 is 17.0. The zero-order valence-electron chi connectivity index (χ0n) is 5.41. The summed E-state index contributed by atoms with van der Waals surface area (Å²) in [4.78, 5) is 0. The van der Waals surface area contributed by atoms with Gasteiger partial charge in [-0.05, 0) is 23.7 Å². The minimum Gasteiger partial charge on any atom is -0.507 e. The van der Waals surface area contributed by atoms with E-state index >= 15 is 0 Å². The Hall–Kier alpha value is -1.16. The molecule has 0 amide bonds. The van der Waals surface area contributed by atoms with Crippen LogP contribution in [0.4, 0.5) is 4.39 Å². The van der Waals surface area contributed by atoms with Crippen LogP contribution in [0.25, 0.3) is 10.1 Å². The highest BCUT2D eigenvalue weighted by atomic mass is 32.1. The van der Waals surface area contributed by atoms with Crippen LogP contribution < -0.4 is 0 Å². The second kappa shape index (κ2) is 2.17. The summed E-state index contributed by atoms with van der Waals surface area (Å²) >= 11 is 1.04. The molecule has 2 rings (SSSR count). The van der Waals surface area contributed by atoms with E-state index < -0.39 is 0 Å². The molecule has 1 heterocycles. The molecular formula is C7H4FNOS. The van der Waals surface area contributed by atoms with E-state index in [0.29, 0.717) is 10.1 Å². The van der Waals surface area contributed by atoms with Crippen molar-refractivity contribution in [2.45, 2.75) is 0 Å². The number of rotatable bonds is 0. The minimum absolute atomic E-state index is 0.0788. The quantitative estimate of drug-likeness (QED) is 0.655. The van der Waals surface area contributed by atoms with E-state index in [1.54, 1.807) is 0 Å². The van der Waals surface area contributed by atoms with Crippen LogP contribution in [0.5, 0.6) is 5.75 Å². The van der Waals surface area contributed by atoms with E-state index in [1.165, 1.54) is 18.3 Å². The van der Waals surface area contributed by atoms with Crippen molar-refractivity contribution in [1.29, 1.82) is 0 Å². The Morgan fingerprint density at radius 1 is 1.45 bits per heavy atom. The molecule has 1 aromatic heterocycles. The van der Waals surface area contributed by atoms with Gasteiger partial charge in [0.25, 0.3) is 0 Å². The number of fused-ring (bicyclic) bond motifs is 1. The van der Waals surface area contributed by atoms with Crippen molar-refractivity contribution in [3.63, 3.8) is 0 Å². The van der Waals surface area contributed by atoms with Crippen LogP contribution in [0.2, 0.25) is 0 Å². The molecule has 0 aliphatic carbocycles. The summed E-state index contributed by atoms with van der Waals surface area (Å²) in [6, 6.07) is 2.56. The van der Waals surface area contributed by atoms with Gasteiger partial charge in [0.2, 0.25) is 0 Å². The summed E-state index contributed by atoms with van der Waals surface area (Å²) in [5, 5.41) is 9.67. The van der Waals surface area contributed by atoms with Gasteiger partial charge in [-0.1, -0.05) is 0 Å². The first-order chi connectivity index (χ1) is 5.29. The zero-order valence-corrected chi connectivity index (χ0v) is 6.23. The molecule has 0 atom stereocenters. The van der Waals surface area contributed by atoms with Crippen molar-refractivity contribution in [2.24, 2.45) is 0 Å². The van der Waals surface area contributed by atoms with Gasteiger partial charge in [-0.3, -0.25) is 0 Å². The molecule has 0 saturated heterocycles. The molecule has 1 N–H and O–H groups in total. The highest BCUT2D eigenvalue weighted by Crippen LogP contribution is 2.28. The number of hydrogen-bond acceptors (Lipinski definition) is 3. The molecule has 4 heteroatoms. The van der Waals surface area contributed by atoms with Crippen molar-refractivity contribution >= 4 is 21.6 Å². The first kappa shape index (κ1) is 6.54. The highest BCUT2D eigenvalue weighted by Gasteiger charge is 2.05. The zero-order chi connectivity index (χ0) is 7.84. The number of halogens is 1. The number of aromatic nitrogens is 1. The number of phenols is 1. The fourth-order valence-electron chi connectivity index (χ4n) is 0.912. The molecule has 0 unspecified atom stereocenters. The standard InChI is InChI=1S/C7H4FNOS/c8-5-1-2-6(10)4-3-9-11-7(4)5/h1-3,10H. The van der Waals surface area contributed by atoms with E-state index in [1.807, 2.05) is 0 Å². The van der Waals surface area contributed by atoms with Crippen LogP contribution in [0.3, 0.4) is 0 Å². The van der Waals surface area contributed by atoms with Crippen LogP contribution in [0, 0.1) is 5.82 Å². The Morgan fingerprint density at radius 2 is 2.27 bits per heavy atom. The first-order valence-corrected chi connectivity index (χ1v) is 3.78. The molecule has 1 aromatic carbocycles. The molecule has 11 heavy (non-hydrogen) atoms. The third kappa shape index (κ3) is 0.867. The molecule has 56 valence electrons. The lowest BCUT2D eigenvalue weighted by Gasteiger charge is -1.92. The van der Waals surface area contributed by atoms with Crippen molar-refractivity contribution in [3.05, 3.63) is 24.1 Å². The predicted octanol–water partition coefficient (Wildman–Crippen LogP) is 2.14. The lowest BCUT2D eigenvalue weighted by atomic mass is 10.2. The maximum absolute atomic E-state index is 12.9. The number of aromatic hydroxyl groups is 1. The lowest BCUT2D eigenvalue weighted by Crippen LogP contribution is -1.72. The Balaban J connectivity index is 2.96. The lowest BCUT2D eigenvalue weighted by molar-refractivity contribution is 0.480. The topological polar surface area (TPSA) is 33.1 Å². The molecule has 0 fully saturated rings. The van der Waals surface area contributed by atoms with Crippen LogP contribution in [0.15, 0.2) is 18.3 Å². The Bertz CT molecular complexity index is 362. The molecule has 0 bridgehead atoms. The van der Waals surface area contributed by atoms with E-state index in [2.05, 4.69) is 4.37 Å². The average molecular weight is 169 g/mol. The maximum atomic E-state index is 12.9. The second-order valence-corrected chi connectivity index (χ2v) is 2.94. The monoisotopic (exact) mass is 169 g/mol. The van der Waals surface area contributed by atoms with Crippen molar-refractivity contribution in [2.75, 3.05) is 0 Å². The summed E-state index contributed by atoms with van der Waals surface area (Å²) in [6.07, 6.45) is 1.46.